The van der Waals surface area contributed by atoms with Crippen molar-refractivity contribution in [2.75, 3.05) is 25.1 Å². The first kappa shape index (κ1) is 12.8. The highest BCUT2D eigenvalue weighted by Crippen LogP contribution is 2.22. The third kappa shape index (κ3) is 2.59. The summed E-state index contributed by atoms with van der Waals surface area (Å²) in [6.45, 7) is 3.36. The zero-order valence-corrected chi connectivity index (χ0v) is 10.7. The van der Waals surface area contributed by atoms with Crippen LogP contribution in [0.5, 0.6) is 0 Å². The average molecular weight is 250 g/mol. The van der Waals surface area contributed by atoms with Gasteiger partial charge in [0, 0.05) is 25.3 Å². The summed E-state index contributed by atoms with van der Waals surface area (Å²) in [6.07, 6.45) is 3.53. The molecule has 1 aromatic rings. The number of hydrogen-bond acceptors (Lipinski definition) is 6. The quantitative estimate of drug-likeness (QED) is 0.770. The van der Waals surface area contributed by atoms with Crippen LogP contribution in [0.25, 0.3) is 0 Å². The predicted molar refractivity (Wildman–Crippen MR) is 67.5 cm³/mol. The minimum absolute atomic E-state index is 0.125. The van der Waals surface area contributed by atoms with Crippen molar-refractivity contribution in [2.24, 2.45) is 5.73 Å². The number of rotatable bonds is 2. The van der Waals surface area contributed by atoms with Crippen LogP contribution >= 0.6 is 0 Å². The molecule has 6 nitrogen and oxygen atoms in total. The molecule has 1 aromatic heterocycles. The number of carbonyl (C=O) groups is 1. The molecule has 1 aliphatic rings. The van der Waals surface area contributed by atoms with E-state index in [0.717, 1.165) is 19.4 Å². The summed E-state index contributed by atoms with van der Waals surface area (Å²) >= 11 is 0. The van der Waals surface area contributed by atoms with Gasteiger partial charge in [0.25, 0.3) is 0 Å². The van der Waals surface area contributed by atoms with E-state index in [4.69, 9.17) is 10.5 Å². The Labute approximate surface area is 106 Å². The van der Waals surface area contributed by atoms with Crippen molar-refractivity contribution < 1.29 is 9.53 Å². The number of nitrogens with two attached hydrogens (primary N) is 1. The zero-order chi connectivity index (χ0) is 13.1. The highest BCUT2D eigenvalue weighted by Gasteiger charge is 2.23. The number of nitrogens with zero attached hydrogens (tertiary/aromatic N) is 3. The number of hydrogen-bond donors (Lipinski definition) is 1. The van der Waals surface area contributed by atoms with E-state index in [1.807, 2.05) is 4.90 Å². The third-order valence-electron chi connectivity index (χ3n) is 3.05. The van der Waals surface area contributed by atoms with Gasteiger partial charge in [0.1, 0.15) is 17.2 Å². The number of ether oxygens (including phenoxy) is 1. The van der Waals surface area contributed by atoms with E-state index in [1.165, 1.54) is 13.3 Å². The van der Waals surface area contributed by atoms with Gasteiger partial charge in [0.15, 0.2) is 0 Å². The molecular formula is C12H18N4O2. The first-order valence-corrected chi connectivity index (χ1v) is 6.04. The largest absolute Gasteiger partial charge is 0.465 e. The van der Waals surface area contributed by atoms with E-state index in [-0.39, 0.29) is 6.04 Å². The smallest absolute Gasteiger partial charge is 0.343 e. The average Bonchev–Trinajstić information content (AvgIpc) is 2.38. The molecule has 98 valence electrons. The predicted octanol–water partition coefficient (Wildman–Crippen LogP) is 0.499. The Morgan fingerprint density at radius 3 is 3.06 bits per heavy atom. The van der Waals surface area contributed by atoms with Crippen LogP contribution in [-0.4, -0.2) is 42.2 Å². The summed E-state index contributed by atoms with van der Waals surface area (Å²) in [7, 11) is 1.36. The maximum absolute atomic E-state index is 11.7. The number of piperidine rings is 1. The normalized spacial score (nSPS) is 19.7. The molecule has 1 saturated heterocycles. The summed E-state index contributed by atoms with van der Waals surface area (Å²) in [6, 6.07) is 0.125. The molecule has 1 unspecified atom stereocenters. The molecule has 2 rings (SSSR count). The van der Waals surface area contributed by atoms with Gasteiger partial charge in [0.2, 0.25) is 0 Å². The van der Waals surface area contributed by atoms with Crippen molar-refractivity contribution in [3.05, 3.63) is 17.6 Å². The van der Waals surface area contributed by atoms with Crippen molar-refractivity contribution in [1.82, 2.24) is 9.97 Å². The fraction of sp³-hybridized carbons (Fsp3) is 0.583. The van der Waals surface area contributed by atoms with Gasteiger partial charge in [-0.25, -0.2) is 14.8 Å². The Morgan fingerprint density at radius 2 is 2.39 bits per heavy atom. The van der Waals surface area contributed by atoms with Gasteiger partial charge in [0.05, 0.1) is 7.11 Å². The van der Waals surface area contributed by atoms with Gasteiger partial charge in [-0.05, 0) is 19.8 Å². The van der Waals surface area contributed by atoms with Crippen LogP contribution in [0, 0.1) is 6.92 Å². The Hall–Kier alpha value is -1.69. The molecule has 0 aromatic carbocycles. The molecule has 6 heteroatoms. The lowest BCUT2D eigenvalue weighted by molar-refractivity contribution is 0.0600. The molecule has 1 fully saturated rings. The van der Waals surface area contributed by atoms with Crippen molar-refractivity contribution in [3.63, 3.8) is 0 Å². The minimum Gasteiger partial charge on any atom is -0.465 e. The Balaban J connectivity index is 2.35. The lowest BCUT2D eigenvalue weighted by Gasteiger charge is -2.32. The van der Waals surface area contributed by atoms with Gasteiger partial charge < -0.3 is 15.4 Å². The van der Waals surface area contributed by atoms with Crippen molar-refractivity contribution >= 4 is 11.8 Å². The van der Waals surface area contributed by atoms with Gasteiger partial charge in [-0.3, -0.25) is 0 Å². The minimum atomic E-state index is -0.413. The van der Waals surface area contributed by atoms with Crippen LogP contribution in [-0.2, 0) is 4.74 Å². The number of anilines is 1. The standard InChI is InChI=1S/C12H18N4O2/c1-8-14-6-10(12(17)18-2)11(15-8)16-5-3-4-9(13)7-16/h6,9H,3-5,7,13H2,1-2H3. The Bertz CT molecular complexity index is 450. The summed E-state index contributed by atoms with van der Waals surface area (Å²) in [4.78, 5) is 22.2. The highest BCUT2D eigenvalue weighted by molar-refractivity contribution is 5.94. The molecule has 0 amide bonds. The molecule has 0 aliphatic carbocycles. The molecule has 18 heavy (non-hydrogen) atoms. The summed E-state index contributed by atoms with van der Waals surface area (Å²) in [5, 5.41) is 0. The number of carbonyl (C=O) groups excluding carboxylic acids is 1. The van der Waals surface area contributed by atoms with E-state index in [9.17, 15) is 4.79 Å². The van der Waals surface area contributed by atoms with Crippen molar-refractivity contribution in [1.29, 1.82) is 0 Å². The van der Waals surface area contributed by atoms with E-state index in [1.54, 1.807) is 6.92 Å². The molecule has 2 N–H and O–H groups in total. The molecule has 0 bridgehead atoms. The van der Waals surface area contributed by atoms with E-state index < -0.39 is 5.97 Å². The van der Waals surface area contributed by atoms with Gasteiger partial charge >= 0.3 is 5.97 Å². The van der Waals surface area contributed by atoms with Gasteiger partial charge in [-0.1, -0.05) is 0 Å². The maximum atomic E-state index is 11.7. The molecular weight excluding hydrogens is 232 g/mol. The molecule has 2 heterocycles. The number of aromatic nitrogens is 2. The maximum Gasteiger partial charge on any atom is 0.343 e. The van der Waals surface area contributed by atoms with Crippen LogP contribution < -0.4 is 10.6 Å². The second-order valence-electron chi connectivity index (χ2n) is 4.49. The molecule has 0 radical (unpaired) electrons. The van der Waals surface area contributed by atoms with E-state index >= 15 is 0 Å². The van der Waals surface area contributed by atoms with Crippen LogP contribution in [0.1, 0.15) is 29.0 Å². The summed E-state index contributed by atoms with van der Waals surface area (Å²) in [5.74, 6) is 0.852. The summed E-state index contributed by atoms with van der Waals surface area (Å²) in [5.41, 5.74) is 6.36. The molecule has 0 saturated carbocycles. The second kappa shape index (κ2) is 5.30. The molecule has 1 atom stereocenters. The fourth-order valence-corrected chi connectivity index (χ4v) is 2.16. The van der Waals surface area contributed by atoms with Crippen LogP contribution in [0.4, 0.5) is 5.82 Å². The van der Waals surface area contributed by atoms with E-state index in [2.05, 4.69) is 9.97 Å². The number of esters is 1. The molecule has 0 spiro atoms. The number of methoxy groups -OCH3 is 1. The second-order valence-corrected chi connectivity index (χ2v) is 4.49. The van der Waals surface area contributed by atoms with Crippen LogP contribution in [0.15, 0.2) is 6.20 Å². The van der Waals surface area contributed by atoms with Gasteiger partial charge in [-0.15, -0.1) is 0 Å². The SMILES string of the molecule is COC(=O)c1cnc(C)nc1N1CCCC(N)C1. The monoisotopic (exact) mass is 250 g/mol. The van der Waals surface area contributed by atoms with Gasteiger partial charge in [-0.2, -0.15) is 0 Å². The Kier molecular flexibility index (Phi) is 3.76. The highest BCUT2D eigenvalue weighted by atomic mass is 16.5. The van der Waals surface area contributed by atoms with Crippen molar-refractivity contribution in [2.45, 2.75) is 25.8 Å². The molecule has 1 aliphatic heterocycles. The lowest BCUT2D eigenvalue weighted by Crippen LogP contribution is -2.43. The number of aryl methyl sites for hydroxylation is 1. The lowest BCUT2D eigenvalue weighted by atomic mass is 10.1. The first-order chi connectivity index (χ1) is 8.61. The topological polar surface area (TPSA) is 81.3 Å². The van der Waals surface area contributed by atoms with Crippen LogP contribution in [0.3, 0.4) is 0 Å². The fourth-order valence-electron chi connectivity index (χ4n) is 2.16. The first-order valence-electron chi connectivity index (χ1n) is 6.04. The third-order valence-corrected chi connectivity index (χ3v) is 3.05. The Morgan fingerprint density at radius 1 is 1.61 bits per heavy atom. The van der Waals surface area contributed by atoms with Crippen LogP contribution in [0.2, 0.25) is 0 Å². The zero-order valence-electron chi connectivity index (χ0n) is 10.7. The van der Waals surface area contributed by atoms with E-state index in [0.29, 0.717) is 23.8 Å². The van der Waals surface area contributed by atoms with Crippen molar-refractivity contribution in [3.8, 4) is 0 Å². The summed E-state index contributed by atoms with van der Waals surface area (Å²) < 4.78 is 4.76.